The lowest BCUT2D eigenvalue weighted by Crippen LogP contribution is -2.40. The number of methoxy groups -OCH3 is 1. The molecule has 8 heteroatoms. The van der Waals surface area contributed by atoms with E-state index in [1.807, 2.05) is 24.3 Å². The molecule has 1 aliphatic carbocycles. The van der Waals surface area contributed by atoms with Crippen molar-refractivity contribution in [3.05, 3.63) is 46.6 Å². The molecule has 0 aliphatic heterocycles. The maximum absolute atomic E-state index is 12.8. The Bertz CT molecular complexity index is 1110. The number of fused-ring (bicyclic) bond motifs is 1. The molecule has 8 nitrogen and oxygen atoms in total. The summed E-state index contributed by atoms with van der Waals surface area (Å²) in [7, 11) is 1.62. The minimum absolute atomic E-state index is 0.0934. The van der Waals surface area contributed by atoms with E-state index in [2.05, 4.69) is 22.3 Å². The Morgan fingerprint density at radius 2 is 1.90 bits per heavy atom. The van der Waals surface area contributed by atoms with Crippen molar-refractivity contribution in [1.29, 1.82) is 0 Å². The SMILES string of the molecule is COc1ccc(-c2cc3nn(CC(=O)NC4CCC(C)CC4)c(=O)n3c(C)n2)cc1. The van der Waals surface area contributed by atoms with Crippen LogP contribution in [0.2, 0.25) is 0 Å². The van der Waals surface area contributed by atoms with Crippen LogP contribution in [-0.4, -0.2) is 38.2 Å². The van der Waals surface area contributed by atoms with Crippen LogP contribution in [-0.2, 0) is 11.3 Å². The molecule has 4 rings (SSSR count). The molecule has 30 heavy (non-hydrogen) atoms. The van der Waals surface area contributed by atoms with Gasteiger partial charge in [-0.1, -0.05) is 6.92 Å². The fourth-order valence-corrected chi connectivity index (χ4v) is 4.03. The van der Waals surface area contributed by atoms with Crippen LogP contribution in [0, 0.1) is 12.8 Å². The molecular formula is C22H27N5O3. The molecule has 2 aromatic heterocycles. The van der Waals surface area contributed by atoms with Gasteiger partial charge in [-0.25, -0.2) is 18.9 Å². The Morgan fingerprint density at radius 1 is 1.20 bits per heavy atom. The van der Waals surface area contributed by atoms with Crippen LogP contribution < -0.4 is 15.7 Å². The van der Waals surface area contributed by atoms with E-state index in [0.717, 1.165) is 42.9 Å². The normalized spacial score (nSPS) is 19.0. The van der Waals surface area contributed by atoms with Crippen molar-refractivity contribution < 1.29 is 9.53 Å². The fourth-order valence-electron chi connectivity index (χ4n) is 4.03. The summed E-state index contributed by atoms with van der Waals surface area (Å²) in [6, 6.07) is 9.48. The zero-order chi connectivity index (χ0) is 21.3. The predicted molar refractivity (Wildman–Crippen MR) is 114 cm³/mol. The van der Waals surface area contributed by atoms with Crippen molar-refractivity contribution in [2.45, 2.75) is 52.1 Å². The van der Waals surface area contributed by atoms with Gasteiger partial charge in [0.1, 0.15) is 18.1 Å². The highest BCUT2D eigenvalue weighted by Gasteiger charge is 2.21. The summed E-state index contributed by atoms with van der Waals surface area (Å²) in [5, 5.41) is 7.43. The number of hydrogen-bond acceptors (Lipinski definition) is 5. The number of rotatable bonds is 5. The zero-order valence-corrected chi connectivity index (χ0v) is 17.6. The second kappa shape index (κ2) is 8.30. The van der Waals surface area contributed by atoms with E-state index >= 15 is 0 Å². The molecule has 1 aliphatic rings. The van der Waals surface area contributed by atoms with Gasteiger partial charge in [-0.05, 0) is 62.8 Å². The van der Waals surface area contributed by atoms with Crippen molar-refractivity contribution in [1.82, 2.24) is 24.5 Å². The van der Waals surface area contributed by atoms with Crippen LogP contribution in [0.3, 0.4) is 0 Å². The largest absolute Gasteiger partial charge is 0.497 e. The van der Waals surface area contributed by atoms with E-state index in [1.165, 1.54) is 9.08 Å². The van der Waals surface area contributed by atoms with Crippen LogP contribution in [0.4, 0.5) is 0 Å². The van der Waals surface area contributed by atoms with Crippen LogP contribution in [0.25, 0.3) is 16.9 Å². The van der Waals surface area contributed by atoms with E-state index < -0.39 is 0 Å². The summed E-state index contributed by atoms with van der Waals surface area (Å²) in [6.07, 6.45) is 4.22. The number of nitrogens with zero attached hydrogens (tertiary/aromatic N) is 4. The number of carbonyl (C=O) groups excluding carboxylic acids is 1. The molecule has 0 saturated heterocycles. The Hall–Kier alpha value is -3.16. The highest BCUT2D eigenvalue weighted by atomic mass is 16.5. The van der Waals surface area contributed by atoms with Crippen LogP contribution >= 0.6 is 0 Å². The van der Waals surface area contributed by atoms with E-state index in [1.54, 1.807) is 20.1 Å². The number of carbonyl (C=O) groups is 1. The molecule has 2 heterocycles. The Labute approximate surface area is 174 Å². The van der Waals surface area contributed by atoms with Gasteiger partial charge in [-0.3, -0.25) is 4.79 Å². The molecule has 1 saturated carbocycles. The third-order valence-corrected chi connectivity index (χ3v) is 5.80. The quantitative estimate of drug-likeness (QED) is 0.699. The first-order valence-electron chi connectivity index (χ1n) is 10.4. The third-order valence-electron chi connectivity index (χ3n) is 5.80. The van der Waals surface area contributed by atoms with Gasteiger partial charge in [0.15, 0.2) is 5.65 Å². The second-order valence-corrected chi connectivity index (χ2v) is 8.08. The summed E-state index contributed by atoms with van der Waals surface area (Å²) < 4.78 is 7.84. The van der Waals surface area contributed by atoms with Gasteiger partial charge in [0, 0.05) is 17.7 Å². The molecule has 1 aromatic carbocycles. The van der Waals surface area contributed by atoms with Gasteiger partial charge in [-0.15, -0.1) is 5.10 Å². The van der Waals surface area contributed by atoms with E-state index in [9.17, 15) is 9.59 Å². The lowest BCUT2D eigenvalue weighted by Gasteiger charge is -2.26. The smallest absolute Gasteiger partial charge is 0.352 e. The summed E-state index contributed by atoms with van der Waals surface area (Å²) in [6.45, 7) is 3.91. The molecule has 0 spiro atoms. The molecular weight excluding hydrogens is 382 g/mol. The number of aryl methyl sites for hydroxylation is 1. The number of aromatic nitrogens is 4. The van der Waals surface area contributed by atoms with Crippen molar-refractivity contribution >= 4 is 11.6 Å². The minimum atomic E-state index is -0.358. The standard InChI is InChI=1S/C22H27N5O3/c1-14-4-8-17(9-5-14)24-21(28)13-26-22(29)27-15(2)23-19(12-20(27)25-26)16-6-10-18(30-3)11-7-16/h6-7,10-12,14,17H,4-5,8-9,13H2,1-3H3,(H,24,28). The van der Waals surface area contributed by atoms with Gasteiger partial charge < -0.3 is 10.1 Å². The first-order valence-corrected chi connectivity index (χ1v) is 10.4. The summed E-state index contributed by atoms with van der Waals surface area (Å²) >= 11 is 0. The predicted octanol–water partition coefficient (Wildman–Crippen LogP) is 2.57. The maximum Gasteiger partial charge on any atom is 0.352 e. The lowest BCUT2D eigenvalue weighted by molar-refractivity contribution is -0.122. The molecule has 1 N–H and O–H groups in total. The van der Waals surface area contributed by atoms with Crippen LogP contribution in [0.15, 0.2) is 35.1 Å². The van der Waals surface area contributed by atoms with E-state index in [0.29, 0.717) is 17.2 Å². The van der Waals surface area contributed by atoms with Crippen molar-refractivity contribution in [3.63, 3.8) is 0 Å². The fraction of sp³-hybridized carbons (Fsp3) is 0.455. The van der Waals surface area contributed by atoms with Crippen molar-refractivity contribution in [3.8, 4) is 17.0 Å². The molecule has 1 fully saturated rings. The molecule has 0 radical (unpaired) electrons. The minimum Gasteiger partial charge on any atom is -0.497 e. The van der Waals surface area contributed by atoms with Crippen molar-refractivity contribution in [2.24, 2.45) is 5.92 Å². The Morgan fingerprint density at radius 3 is 2.57 bits per heavy atom. The van der Waals surface area contributed by atoms with E-state index in [-0.39, 0.29) is 24.2 Å². The highest BCUT2D eigenvalue weighted by Crippen LogP contribution is 2.23. The molecule has 3 aromatic rings. The third kappa shape index (κ3) is 4.08. The number of hydrogen-bond donors (Lipinski definition) is 1. The van der Waals surface area contributed by atoms with E-state index in [4.69, 9.17) is 4.74 Å². The molecule has 0 bridgehead atoms. The molecule has 0 unspecified atom stereocenters. The Kier molecular flexibility index (Phi) is 5.57. The lowest BCUT2D eigenvalue weighted by atomic mass is 9.87. The number of ether oxygens (including phenoxy) is 1. The first-order chi connectivity index (χ1) is 14.4. The topological polar surface area (TPSA) is 90.5 Å². The average molecular weight is 409 g/mol. The molecule has 0 atom stereocenters. The summed E-state index contributed by atoms with van der Waals surface area (Å²) in [5.41, 5.74) is 1.72. The second-order valence-electron chi connectivity index (χ2n) is 8.08. The summed E-state index contributed by atoms with van der Waals surface area (Å²) in [5.74, 6) is 1.82. The van der Waals surface area contributed by atoms with Gasteiger partial charge in [0.25, 0.3) is 0 Å². The maximum atomic E-state index is 12.8. The van der Waals surface area contributed by atoms with Crippen molar-refractivity contribution in [2.75, 3.05) is 7.11 Å². The van der Waals surface area contributed by atoms with Crippen LogP contribution in [0.1, 0.15) is 38.4 Å². The Balaban J connectivity index is 1.56. The monoisotopic (exact) mass is 409 g/mol. The van der Waals surface area contributed by atoms with Gasteiger partial charge in [0.05, 0.1) is 12.8 Å². The van der Waals surface area contributed by atoms with Gasteiger partial charge >= 0.3 is 5.69 Å². The number of amides is 1. The number of benzene rings is 1. The highest BCUT2D eigenvalue weighted by molar-refractivity contribution is 5.76. The zero-order valence-electron chi connectivity index (χ0n) is 17.6. The van der Waals surface area contributed by atoms with Gasteiger partial charge in [0.2, 0.25) is 5.91 Å². The van der Waals surface area contributed by atoms with Gasteiger partial charge in [-0.2, -0.15) is 0 Å². The first kappa shape index (κ1) is 20.1. The molecule has 158 valence electrons. The van der Waals surface area contributed by atoms with Crippen LogP contribution in [0.5, 0.6) is 5.75 Å². The molecule has 1 amide bonds. The average Bonchev–Trinajstić information content (AvgIpc) is 3.05. The summed E-state index contributed by atoms with van der Waals surface area (Å²) in [4.78, 5) is 29.8. The number of nitrogens with one attached hydrogen (secondary N) is 1.